The van der Waals surface area contributed by atoms with Crippen molar-refractivity contribution in [1.82, 2.24) is 4.90 Å². The van der Waals surface area contributed by atoms with Crippen molar-refractivity contribution >= 4 is 35.0 Å². The molecule has 0 bridgehead atoms. The highest BCUT2D eigenvalue weighted by Gasteiger charge is 2.34. The fourth-order valence-electron chi connectivity index (χ4n) is 2.27. The summed E-state index contributed by atoms with van der Waals surface area (Å²) in [6.45, 7) is 0.122. The minimum absolute atomic E-state index is 0.122. The summed E-state index contributed by atoms with van der Waals surface area (Å²) < 4.78 is 0. The predicted molar refractivity (Wildman–Crippen MR) is 91.4 cm³/mol. The third-order valence-corrected chi connectivity index (χ3v) is 4.42. The van der Waals surface area contributed by atoms with Gasteiger partial charge in [0, 0.05) is 0 Å². The van der Waals surface area contributed by atoms with Crippen LogP contribution >= 0.6 is 11.8 Å². The number of carbonyl (C=O) groups excluding carboxylic acids is 2. The topological polar surface area (TPSA) is 74.7 Å². The Morgan fingerprint density at radius 3 is 2.33 bits per heavy atom. The van der Waals surface area contributed by atoms with Crippen LogP contribution in [0.3, 0.4) is 0 Å². The second-order valence-corrected chi connectivity index (χ2v) is 6.17. The molecule has 0 radical (unpaired) electrons. The summed E-state index contributed by atoms with van der Waals surface area (Å²) in [6.07, 6.45) is 1.69. The molecule has 0 saturated carbocycles. The molecule has 0 spiro atoms. The average Bonchev–Trinajstić information content (AvgIpc) is 2.84. The normalized spacial score (nSPS) is 16.0. The molecule has 0 atom stereocenters. The number of aromatic carboxylic acids is 1. The first kappa shape index (κ1) is 16.0. The number of benzene rings is 2. The van der Waals surface area contributed by atoms with Crippen LogP contribution in [0.25, 0.3) is 6.08 Å². The van der Waals surface area contributed by atoms with Crippen LogP contribution in [0, 0.1) is 0 Å². The van der Waals surface area contributed by atoms with Gasteiger partial charge in [-0.25, -0.2) is 4.79 Å². The van der Waals surface area contributed by atoms with Crippen molar-refractivity contribution in [1.29, 1.82) is 0 Å². The molecule has 24 heavy (non-hydrogen) atoms. The molecule has 2 aromatic carbocycles. The lowest BCUT2D eigenvalue weighted by molar-refractivity contribution is -0.123. The highest BCUT2D eigenvalue weighted by Crippen LogP contribution is 2.33. The number of carboxylic acids is 1. The lowest BCUT2D eigenvalue weighted by Crippen LogP contribution is -2.27. The summed E-state index contributed by atoms with van der Waals surface area (Å²) in [5.41, 5.74) is 1.72. The predicted octanol–water partition coefficient (Wildman–Crippen LogP) is 3.62. The van der Waals surface area contributed by atoms with Gasteiger partial charge in [-0.15, -0.1) is 0 Å². The van der Waals surface area contributed by atoms with Gasteiger partial charge in [-0.2, -0.15) is 0 Å². The maximum atomic E-state index is 12.4. The molecule has 1 aliphatic rings. The molecule has 0 aliphatic carbocycles. The molecule has 3 rings (SSSR count). The number of imide groups is 1. The summed E-state index contributed by atoms with van der Waals surface area (Å²) in [5.74, 6) is -1.35. The van der Waals surface area contributed by atoms with Gasteiger partial charge < -0.3 is 5.11 Å². The van der Waals surface area contributed by atoms with Crippen LogP contribution in [0.4, 0.5) is 4.79 Å². The van der Waals surface area contributed by atoms with Crippen LogP contribution in [0.2, 0.25) is 0 Å². The number of hydrogen-bond acceptors (Lipinski definition) is 4. The van der Waals surface area contributed by atoms with Crippen molar-refractivity contribution in [2.24, 2.45) is 0 Å². The Bertz CT molecular complexity index is 828. The molecule has 120 valence electrons. The van der Waals surface area contributed by atoms with E-state index in [9.17, 15) is 14.4 Å². The molecule has 6 heteroatoms. The maximum absolute atomic E-state index is 12.4. The highest BCUT2D eigenvalue weighted by atomic mass is 32.2. The van der Waals surface area contributed by atoms with Gasteiger partial charge in [-0.05, 0) is 41.1 Å². The van der Waals surface area contributed by atoms with Crippen LogP contribution in [0.1, 0.15) is 21.5 Å². The molecule has 1 heterocycles. The zero-order valence-corrected chi connectivity index (χ0v) is 13.3. The molecule has 5 nitrogen and oxygen atoms in total. The number of hydrogen-bond donors (Lipinski definition) is 1. The maximum Gasteiger partial charge on any atom is 0.335 e. The third-order valence-electron chi connectivity index (χ3n) is 3.51. The van der Waals surface area contributed by atoms with E-state index >= 15 is 0 Å². The Morgan fingerprint density at radius 1 is 1.04 bits per heavy atom. The summed E-state index contributed by atoms with van der Waals surface area (Å²) in [5, 5.41) is 8.56. The molecular formula is C18H13NO4S. The van der Waals surface area contributed by atoms with E-state index < -0.39 is 5.97 Å². The second-order valence-electron chi connectivity index (χ2n) is 5.18. The zero-order valence-electron chi connectivity index (χ0n) is 12.5. The van der Waals surface area contributed by atoms with Crippen LogP contribution in [0.15, 0.2) is 59.5 Å². The fourth-order valence-corrected chi connectivity index (χ4v) is 3.11. The lowest BCUT2D eigenvalue weighted by atomic mass is 10.1. The van der Waals surface area contributed by atoms with Crippen LogP contribution in [-0.2, 0) is 11.3 Å². The van der Waals surface area contributed by atoms with Gasteiger partial charge >= 0.3 is 5.97 Å². The monoisotopic (exact) mass is 339 g/mol. The van der Waals surface area contributed by atoms with Gasteiger partial charge in [-0.1, -0.05) is 42.5 Å². The SMILES string of the molecule is O=C(O)c1ccc(CN2C(=O)S/C(=C\c3ccccc3)C2=O)cc1. The van der Waals surface area contributed by atoms with Crippen molar-refractivity contribution < 1.29 is 19.5 Å². The van der Waals surface area contributed by atoms with Crippen molar-refractivity contribution in [2.45, 2.75) is 6.54 Å². The van der Waals surface area contributed by atoms with Gasteiger partial charge in [-0.3, -0.25) is 14.5 Å². The number of nitrogens with zero attached hydrogens (tertiary/aromatic N) is 1. The summed E-state index contributed by atoms with van der Waals surface area (Å²) in [6, 6.07) is 15.4. The van der Waals surface area contributed by atoms with Gasteiger partial charge in [0.15, 0.2) is 0 Å². The molecule has 0 aromatic heterocycles. The van der Waals surface area contributed by atoms with Gasteiger partial charge in [0.1, 0.15) is 0 Å². The smallest absolute Gasteiger partial charge is 0.335 e. The van der Waals surface area contributed by atoms with E-state index in [1.54, 1.807) is 18.2 Å². The standard InChI is InChI=1S/C18H13NO4S/c20-16-15(10-12-4-2-1-3-5-12)24-18(23)19(16)11-13-6-8-14(9-7-13)17(21)22/h1-10H,11H2,(H,21,22)/b15-10-. The molecule has 1 saturated heterocycles. The molecule has 1 N–H and O–H groups in total. The number of thioether (sulfide) groups is 1. The highest BCUT2D eigenvalue weighted by molar-refractivity contribution is 8.18. The zero-order chi connectivity index (χ0) is 17.1. The van der Waals surface area contributed by atoms with E-state index in [0.717, 1.165) is 22.2 Å². The molecule has 1 fully saturated rings. The minimum Gasteiger partial charge on any atom is -0.478 e. The van der Waals surface area contributed by atoms with Gasteiger partial charge in [0.2, 0.25) is 0 Å². The van der Waals surface area contributed by atoms with E-state index in [1.807, 2.05) is 30.3 Å². The summed E-state index contributed by atoms with van der Waals surface area (Å²) >= 11 is 0.908. The Morgan fingerprint density at radius 2 is 1.71 bits per heavy atom. The van der Waals surface area contributed by atoms with E-state index in [2.05, 4.69) is 0 Å². The number of amides is 2. The number of rotatable bonds is 4. The largest absolute Gasteiger partial charge is 0.478 e. The second kappa shape index (κ2) is 6.72. The van der Waals surface area contributed by atoms with E-state index in [4.69, 9.17) is 5.11 Å². The molecule has 1 aliphatic heterocycles. The lowest BCUT2D eigenvalue weighted by Gasteiger charge is -2.12. The van der Waals surface area contributed by atoms with Crippen molar-refractivity contribution in [2.75, 3.05) is 0 Å². The van der Waals surface area contributed by atoms with Gasteiger partial charge in [0.25, 0.3) is 11.1 Å². The molecular weight excluding hydrogens is 326 g/mol. The number of carbonyl (C=O) groups is 3. The van der Waals surface area contributed by atoms with Crippen molar-refractivity contribution in [3.63, 3.8) is 0 Å². The van der Waals surface area contributed by atoms with E-state index in [-0.39, 0.29) is 23.3 Å². The Kier molecular flexibility index (Phi) is 4.48. The first-order valence-corrected chi connectivity index (χ1v) is 7.99. The molecule has 2 amide bonds. The minimum atomic E-state index is -1.02. The average molecular weight is 339 g/mol. The Balaban J connectivity index is 1.77. The molecule has 2 aromatic rings. The first-order chi connectivity index (χ1) is 11.5. The van der Waals surface area contributed by atoms with E-state index in [1.165, 1.54) is 12.1 Å². The van der Waals surface area contributed by atoms with E-state index in [0.29, 0.717) is 10.5 Å². The third kappa shape index (κ3) is 3.38. The first-order valence-electron chi connectivity index (χ1n) is 7.17. The van der Waals surface area contributed by atoms with Crippen LogP contribution in [0.5, 0.6) is 0 Å². The fraction of sp³-hybridized carbons (Fsp3) is 0.0556. The summed E-state index contributed by atoms with van der Waals surface area (Å²) in [4.78, 5) is 36.9. The van der Waals surface area contributed by atoms with Gasteiger partial charge in [0.05, 0.1) is 17.0 Å². The number of carboxylic acid groups (broad SMARTS) is 1. The quantitative estimate of drug-likeness (QED) is 0.861. The Hall–Kier alpha value is -2.86. The Labute approximate surface area is 142 Å². The van der Waals surface area contributed by atoms with Crippen molar-refractivity contribution in [3.8, 4) is 0 Å². The van der Waals surface area contributed by atoms with Crippen LogP contribution in [-0.4, -0.2) is 27.1 Å². The molecule has 0 unspecified atom stereocenters. The van der Waals surface area contributed by atoms with Crippen LogP contribution < -0.4 is 0 Å². The van der Waals surface area contributed by atoms with Crippen molar-refractivity contribution in [3.05, 3.63) is 76.2 Å². The summed E-state index contributed by atoms with van der Waals surface area (Å²) in [7, 11) is 0.